The second-order valence-corrected chi connectivity index (χ2v) is 8.36. The largest absolute Gasteiger partial charge is 0.481 e. The number of carbonyl (C=O) groups is 1. The molecule has 1 aliphatic rings. The highest BCUT2D eigenvalue weighted by Crippen LogP contribution is 2.36. The van der Waals surface area contributed by atoms with Crippen LogP contribution in [0.1, 0.15) is 45.6 Å². The Labute approximate surface area is 156 Å². The molecule has 1 saturated heterocycles. The summed E-state index contributed by atoms with van der Waals surface area (Å²) in [5, 5.41) is 13.6. The van der Waals surface area contributed by atoms with Gasteiger partial charge >= 0.3 is 5.97 Å². The highest BCUT2D eigenvalue weighted by atomic mass is 16.5. The topological polar surface area (TPSA) is 66.6 Å². The number of hydrogen-bond donors (Lipinski definition) is 1. The van der Waals surface area contributed by atoms with Gasteiger partial charge in [-0.05, 0) is 24.7 Å². The molecule has 2 rings (SSSR count). The molecule has 2 heterocycles. The van der Waals surface area contributed by atoms with Crippen LogP contribution in [0, 0.1) is 17.3 Å². The van der Waals surface area contributed by atoms with Crippen LogP contribution in [0.3, 0.4) is 0 Å². The molecule has 142 valence electrons. The molecule has 0 aromatic carbocycles. The maximum atomic E-state index is 11.6. The minimum absolute atomic E-state index is 0.0686. The smallest absolute Gasteiger partial charge is 0.307 e. The van der Waals surface area contributed by atoms with Crippen LogP contribution in [0.25, 0.3) is 5.57 Å². The Morgan fingerprint density at radius 3 is 2.69 bits per heavy atom. The first-order valence-corrected chi connectivity index (χ1v) is 9.01. The van der Waals surface area contributed by atoms with E-state index in [0.29, 0.717) is 19.0 Å². The summed E-state index contributed by atoms with van der Waals surface area (Å²) in [7, 11) is 0. The van der Waals surface area contributed by atoms with Gasteiger partial charge in [0.2, 0.25) is 0 Å². The lowest BCUT2D eigenvalue weighted by atomic mass is 9.73. The van der Waals surface area contributed by atoms with E-state index in [9.17, 15) is 9.90 Å². The number of nitrogens with zero attached hydrogens (tertiary/aromatic N) is 2. The lowest BCUT2D eigenvalue weighted by molar-refractivity contribution is -0.145. The second kappa shape index (κ2) is 8.04. The van der Waals surface area contributed by atoms with Gasteiger partial charge in [0.15, 0.2) is 5.76 Å². The summed E-state index contributed by atoms with van der Waals surface area (Å²) in [5.41, 5.74) is 2.57. The molecule has 26 heavy (non-hydrogen) atoms. The van der Waals surface area contributed by atoms with Crippen LogP contribution in [0.2, 0.25) is 0 Å². The minimum atomic E-state index is -0.722. The molecule has 1 aliphatic heterocycles. The number of piperidine rings is 1. The van der Waals surface area contributed by atoms with Crippen molar-refractivity contribution in [2.45, 2.75) is 40.7 Å². The molecule has 2 unspecified atom stereocenters. The van der Waals surface area contributed by atoms with Crippen molar-refractivity contribution in [1.29, 1.82) is 0 Å². The number of likely N-dealkylation sites (tertiary alicyclic amines) is 1. The number of carboxylic acid groups (broad SMARTS) is 1. The maximum absolute atomic E-state index is 11.6. The number of aromatic nitrogens is 1. The molecule has 5 nitrogen and oxygen atoms in total. The number of aliphatic carboxylic acids is 1. The summed E-state index contributed by atoms with van der Waals surface area (Å²) in [4.78, 5) is 13.7. The van der Waals surface area contributed by atoms with Crippen LogP contribution in [-0.4, -0.2) is 34.2 Å². The molecule has 1 aromatic rings. The fourth-order valence-electron chi connectivity index (χ4n) is 3.37. The molecule has 0 spiro atoms. The van der Waals surface area contributed by atoms with Crippen LogP contribution in [0.15, 0.2) is 41.5 Å². The van der Waals surface area contributed by atoms with Gasteiger partial charge < -0.3 is 9.63 Å². The molecule has 5 heteroatoms. The Morgan fingerprint density at radius 2 is 2.15 bits per heavy atom. The molecule has 1 aromatic heterocycles. The molecule has 0 aliphatic carbocycles. The van der Waals surface area contributed by atoms with E-state index >= 15 is 0 Å². The Kier molecular flexibility index (Phi) is 6.24. The summed E-state index contributed by atoms with van der Waals surface area (Å²) in [5.74, 6) is -0.0112. The Balaban J connectivity index is 2.15. The van der Waals surface area contributed by atoms with E-state index in [1.165, 1.54) is 0 Å². The van der Waals surface area contributed by atoms with Crippen LogP contribution < -0.4 is 0 Å². The Bertz CT molecular complexity index is 709. The number of rotatable bonds is 6. The SMILES string of the molecule is C=C/C(=C\C(=C)C)c1cc(CN2CC(C(=O)O)CC(C(C)(C)C)C2)on1. The lowest BCUT2D eigenvalue weighted by Crippen LogP contribution is -2.46. The Hall–Kier alpha value is -2.14. The van der Waals surface area contributed by atoms with Crippen LogP contribution in [0.5, 0.6) is 0 Å². The van der Waals surface area contributed by atoms with Crippen LogP contribution >= 0.6 is 0 Å². The van der Waals surface area contributed by atoms with Crippen molar-refractivity contribution in [3.63, 3.8) is 0 Å². The molecule has 0 radical (unpaired) electrons. The van der Waals surface area contributed by atoms with Gasteiger partial charge in [-0.3, -0.25) is 9.69 Å². The minimum Gasteiger partial charge on any atom is -0.481 e. The van der Waals surface area contributed by atoms with E-state index < -0.39 is 5.97 Å². The van der Waals surface area contributed by atoms with Crippen LogP contribution in [-0.2, 0) is 11.3 Å². The Morgan fingerprint density at radius 1 is 1.46 bits per heavy atom. The van der Waals surface area contributed by atoms with Gasteiger partial charge in [0.1, 0.15) is 5.69 Å². The van der Waals surface area contributed by atoms with Gasteiger partial charge in [0.25, 0.3) is 0 Å². The first-order valence-electron chi connectivity index (χ1n) is 9.01. The summed E-state index contributed by atoms with van der Waals surface area (Å²) in [6, 6.07) is 1.90. The van der Waals surface area contributed by atoms with Gasteiger partial charge in [0, 0.05) is 24.7 Å². The van der Waals surface area contributed by atoms with E-state index in [2.05, 4.69) is 44.0 Å². The van der Waals surface area contributed by atoms with Crippen molar-refractivity contribution in [1.82, 2.24) is 10.1 Å². The zero-order valence-electron chi connectivity index (χ0n) is 16.3. The lowest BCUT2D eigenvalue weighted by Gasteiger charge is -2.41. The van der Waals surface area contributed by atoms with Crippen molar-refractivity contribution in [3.05, 3.63) is 48.4 Å². The molecule has 0 bridgehead atoms. The average Bonchev–Trinajstić information content (AvgIpc) is 2.99. The standard InChI is InChI=1S/C21H30N2O3/c1-7-15(8-14(2)3)19-10-18(26-22-19)13-23-11-16(20(24)25)9-17(12-23)21(4,5)6/h7-8,10,16-17H,1-2,9,11-13H2,3-6H3,(H,24,25)/b15-8+. The van der Waals surface area contributed by atoms with Gasteiger partial charge in [-0.15, -0.1) is 0 Å². The van der Waals surface area contributed by atoms with E-state index in [-0.39, 0.29) is 11.3 Å². The highest BCUT2D eigenvalue weighted by molar-refractivity contribution is 5.73. The van der Waals surface area contributed by atoms with Gasteiger partial charge in [-0.25, -0.2) is 0 Å². The quantitative estimate of drug-likeness (QED) is 0.764. The van der Waals surface area contributed by atoms with Crippen molar-refractivity contribution in [2.75, 3.05) is 13.1 Å². The number of carboxylic acids is 1. The molecule has 1 N–H and O–H groups in total. The van der Waals surface area contributed by atoms with Crippen molar-refractivity contribution < 1.29 is 14.4 Å². The third kappa shape index (κ3) is 5.18. The molecular formula is C21H30N2O3. The summed E-state index contributed by atoms with van der Waals surface area (Å²) >= 11 is 0. The van der Waals surface area contributed by atoms with Crippen LogP contribution in [0.4, 0.5) is 0 Å². The first-order chi connectivity index (χ1) is 12.1. The predicted octanol–water partition coefficient (Wildman–Crippen LogP) is 4.39. The van der Waals surface area contributed by atoms with Crippen molar-refractivity contribution >= 4 is 11.5 Å². The molecule has 1 fully saturated rings. The molecular weight excluding hydrogens is 328 g/mol. The van der Waals surface area contributed by atoms with Gasteiger partial charge in [-0.2, -0.15) is 0 Å². The monoisotopic (exact) mass is 358 g/mol. The van der Waals surface area contributed by atoms with Gasteiger partial charge in [-0.1, -0.05) is 56.8 Å². The zero-order valence-corrected chi connectivity index (χ0v) is 16.3. The molecule has 0 amide bonds. The average molecular weight is 358 g/mol. The maximum Gasteiger partial charge on any atom is 0.307 e. The predicted molar refractivity (Wildman–Crippen MR) is 103 cm³/mol. The fourth-order valence-corrected chi connectivity index (χ4v) is 3.37. The third-order valence-electron chi connectivity index (χ3n) is 4.96. The van der Waals surface area contributed by atoms with E-state index in [1.54, 1.807) is 6.08 Å². The van der Waals surface area contributed by atoms with Crippen molar-refractivity contribution in [3.8, 4) is 0 Å². The van der Waals surface area contributed by atoms with Crippen molar-refractivity contribution in [2.24, 2.45) is 17.3 Å². The number of hydrogen-bond acceptors (Lipinski definition) is 4. The third-order valence-corrected chi connectivity index (χ3v) is 4.96. The van der Waals surface area contributed by atoms with E-state index in [0.717, 1.165) is 35.6 Å². The number of allylic oxidation sites excluding steroid dienone is 4. The van der Waals surface area contributed by atoms with Gasteiger partial charge in [0.05, 0.1) is 12.5 Å². The van der Waals surface area contributed by atoms with E-state index in [4.69, 9.17) is 4.52 Å². The summed E-state index contributed by atoms with van der Waals surface area (Å²) in [6.07, 6.45) is 4.36. The normalized spacial score (nSPS) is 22.2. The zero-order chi connectivity index (χ0) is 19.5. The van der Waals surface area contributed by atoms with E-state index in [1.807, 2.05) is 19.1 Å². The molecule has 2 atom stereocenters. The second-order valence-electron chi connectivity index (χ2n) is 8.36. The molecule has 0 saturated carbocycles. The first kappa shape index (κ1) is 20.2. The summed E-state index contributed by atoms with van der Waals surface area (Å²) in [6.45, 7) is 18.1. The summed E-state index contributed by atoms with van der Waals surface area (Å²) < 4.78 is 5.49. The fraction of sp³-hybridized carbons (Fsp3) is 0.524. The highest BCUT2D eigenvalue weighted by Gasteiger charge is 2.37.